The van der Waals surface area contributed by atoms with Gasteiger partial charge in [0, 0.05) is 29.4 Å². The van der Waals surface area contributed by atoms with Gasteiger partial charge in [0.05, 0.1) is 11.4 Å². The van der Waals surface area contributed by atoms with Gasteiger partial charge in [-0.1, -0.05) is 152 Å². The van der Waals surface area contributed by atoms with Gasteiger partial charge < -0.3 is 5.32 Å². The number of rotatable bonds is 5. The summed E-state index contributed by atoms with van der Waals surface area (Å²) in [5.41, 5.74) is 9.59. The molecule has 0 saturated heterocycles. The van der Waals surface area contributed by atoms with Crippen LogP contribution in [0.3, 0.4) is 0 Å². The van der Waals surface area contributed by atoms with Crippen LogP contribution < -0.4 is 5.32 Å². The molecule has 1 aliphatic rings. The lowest BCUT2D eigenvalue weighted by atomic mass is 9.92. The Morgan fingerprint density at radius 2 is 0.942 bits per heavy atom. The summed E-state index contributed by atoms with van der Waals surface area (Å²) in [7, 11) is 0. The summed E-state index contributed by atoms with van der Waals surface area (Å²) in [5.74, 6) is 0.711. The van der Waals surface area contributed by atoms with Gasteiger partial charge in [0.25, 0.3) is 0 Å². The van der Waals surface area contributed by atoms with E-state index in [-0.39, 0.29) is 0 Å². The third-order valence-corrected chi connectivity index (χ3v) is 10.3. The topological polar surface area (TPSA) is 37.8 Å². The van der Waals surface area contributed by atoms with Gasteiger partial charge >= 0.3 is 0 Å². The summed E-state index contributed by atoms with van der Waals surface area (Å²) < 4.78 is 0. The number of nitrogens with one attached hydrogen (secondary N) is 1. The quantitative estimate of drug-likeness (QED) is 0.186. The molecule has 1 N–H and O–H groups in total. The van der Waals surface area contributed by atoms with E-state index in [1.807, 2.05) is 0 Å². The van der Waals surface area contributed by atoms with Crippen molar-refractivity contribution < 1.29 is 0 Å². The fourth-order valence-electron chi connectivity index (χ4n) is 7.72. The first kappa shape index (κ1) is 30.0. The van der Waals surface area contributed by atoms with E-state index in [1.54, 1.807) is 0 Å². The summed E-state index contributed by atoms with van der Waals surface area (Å²) in [5, 5.41) is 13.1. The van der Waals surface area contributed by atoms with Crippen LogP contribution in [0.4, 0.5) is 0 Å². The molecule has 0 saturated carbocycles. The first-order valence-corrected chi connectivity index (χ1v) is 17.8. The second-order valence-corrected chi connectivity index (χ2v) is 13.4. The van der Waals surface area contributed by atoms with Crippen molar-refractivity contribution in [3.05, 3.63) is 188 Å². The lowest BCUT2D eigenvalue weighted by Gasteiger charge is -2.14. The number of nitrogens with zero attached hydrogens (tertiary/aromatic N) is 2. The highest BCUT2D eigenvalue weighted by molar-refractivity contribution is 6.14. The molecule has 0 spiro atoms. The van der Waals surface area contributed by atoms with E-state index in [2.05, 4.69) is 187 Å². The predicted octanol–water partition coefficient (Wildman–Crippen LogP) is 12.3. The first-order chi connectivity index (χ1) is 25.8. The average Bonchev–Trinajstić information content (AvgIpc) is 3.23. The summed E-state index contributed by atoms with van der Waals surface area (Å²) in [6.07, 6.45) is 6.41. The van der Waals surface area contributed by atoms with Gasteiger partial charge in [0.15, 0.2) is 5.82 Å². The second-order valence-electron chi connectivity index (χ2n) is 13.4. The Hall–Kier alpha value is -6.84. The molecular weight excluding hydrogens is 631 g/mol. The van der Waals surface area contributed by atoms with Gasteiger partial charge in [-0.05, 0) is 89.6 Å². The molecule has 2 heterocycles. The van der Waals surface area contributed by atoms with E-state index < -0.39 is 0 Å². The summed E-state index contributed by atoms with van der Waals surface area (Å²) in [6.45, 7) is 0.845. The molecule has 0 fully saturated rings. The van der Waals surface area contributed by atoms with E-state index in [9.17, 15) is 0 Å². The van der Waals surface area contributed by atoms with Crippen LogP contribution in [-0.2, 0) is 0 Å². The van der Waals surface area contributed by atoms with E-state index in [0.717, 1.165) is 51.1 Å². The molecule has 0 atom stereocenters. The molecule has 9 aromatic rings. The van der Waals surface area contributed by atoms with Crippen LogP contribution >= 0.6 is 0 Å². The van der Waals surface area contributed by atoms with Crippen molar-refractivity contribution >= 4 is 48.7 Å². The lowest BCUT2D eigenvalue weighted by molar-refractivity contribution is 0.976. The highest BCUT2D eigenvalue weighted by Gasteiger charge is 2.16. The third-order valence-electron chi connectivity index (χ3n) is 10.3. The van der Waals surface area contributed by atoms with Crippen LogP contribution in [-0.4, -0.2) is 16.5 Å². The minimum atomic E-state index is 0.711. The summed E-state index contributed by atoms with van der Waals surface area (Å²) in [4.78, 5) is 10.6. The highest BCUT2D eigenvalue weighted by Crippen LogP contribution is 2.38. The molecule has 0 amide bonds. The third kappa shape index (κ3) is 5.23. The number of benzene rings is 8. The molecule has 0 unspecified atom stereocenters. The van der Waals surface area contributed by atoms with Crippen molar-refractivity contribution in [2.45, 2.75) is 0 Å². The largest absolute Gasteiger partial charge is 0.387 e. The lowest BCUT2D eigenvalue weighted by Crippen LogP contribution is -2.08. The van der Waals surface area contributed by atoms with Crippen LogP contribution in [0.25, 0.3) is 93.7 Å². The maximum Gasteiger partial charge on any atom is 0.161 e. The zero-order valence-corrected chi connectivity index (χ0v) is 28.4. The standard InChI is InChI=1S/C49H33N3/c1-3-16-39-35(11-1)28-45(43-20-7-5-18-41(39)43)32-22-24-33(25-23-32)47-30-48(37-14-9-13-34(27-37)38-15-10-26-50-31-38)52-49(51-47)46-29-36-12-2-4-17-40(36)42-19-6-8-21-44(42)46/h1-25,27-31,50H,26H2. The van der Waals surface area contributed by atoms with Crippen molar-refractivity contribution in [3.63, 3.8) is 0 Å². The Balaban J connectivity index is 1.15. The van der Waals surface area contributed by atoms with Gasteiger partial charge in [-0.2, -0.15) is 0 Å². The minimum absolute atomic E-state index is 0.711. The Kier molecular flexibility index (Phi) is 7.21. The maximum atomic E-state index is 5.32. The molecule has 1 aromatic heterocycles. The molecule has 3 heteroatoms. The van der Waals surface area contributed by atoms with Crippen LogP contribution in [0.1, 0.15) is 5.56 Å². The van der Waals surface area contributed by atoms with E-state index in [0.29, 0.717) is 5.82 Å². The van der Waals surface area contributed by atoms with Crippen LogP contribution in [0.15, 0.2) is 182 Å². The molecule has 0 radical (unpaired) electrons. The predicted molar refractivity (Wildman–Crippen MR) is 219 cm³/mol. The van der Waals surface area contributed by atoms with Crippen molar-refractivity contribution in [1.29, 1.82) is 0 Å². The number of dihydropyridines is 1. The van der Waals surface area contributed by atoms with Gasteiger partial charge in [-0.25, -0.2) is 9.97 Å². The molecule has 10 rings (SSSR count). The SMILES string of the molecule is C1=CC(c2cccc(-c3cc(-c4ccc(-c5cc6ccccc6c6ccccc56)cc4)nc(-c4cc5ccccc5c5ccccc45)n3)c2)=CNC1. The van der Waals surface area contributed by atoms with Gasteiger partial charge in [-0.3, -0.25) is 0 Å². The number of allylic oxidation sites excluding steroid dienone is 2. The molecule has 244 valence electrons. The number of hydrogen-bond acceptors (Lipinski definition) is 3. The van der Waals surface area contributed by atoms with E-state index in [4.69, 9.17) is 9.97 Å². The molecule has 3 nitrogen and oxygen atoms in total. The molecular formula is C49H33N3. The van der Waals surface area contributed by atoms with Crippen molar-refractivity contribution in [2.75, 3.05) is 6.54 Å². The summed E-state index contributed by atoms with van der Waals surface area (Å²) in [6, 6.07) is 58.7. The van der Waals surface area contributed by atoms with Gasteiger partial charge in [-0.15, -0.1) is 0 Å². The molecule has 52 heavy (non-hydrogen) atoms. The van der Waals surface area contributed by atoms with Crippen LogP contribution in [0, 0.1) is 0 Å². The average molecular weight is 664 g/mol. The Morgan fingerprint density at radius 3 is 1.60 bits per heavy atom. The fourth-order valence-corrected chi connectivity index (χ4v) is 7.72. The molecule has 0 bridgehead atoms. The Bertz CT molecular complexity index is 2900. The first-order valence-electron chi connectivity index (χ1n) is 17.8. The molecule has 8 aromatic carbocycles. The normalized spacial score (nSPS) is 12.7. The minimum Gasteiger partial charge on any atom is -0.387 e. The molecule has 0 aliphatic carbocycles. The number of fused-ring (bicyclic) bond motifs is 6. The number of hydrogen-bond donors (Lipinski definition) is 1. The van der Waals surface area contributed by atoms with Crippen LogP contribution in [0.5, 0.6) is 0 Å². The zero-order valence-electron chi connectivity index (χ0n) is 28.4. The van der Waals surface area contributed by atoms with E-state index in [1.165, 1.54) is 48.8 Å². The smallest absolute Gasteiger partial charge is 0.161 e. The fraction of sp³-hybridized carbons (Fsp3) is 0.0204. The van der Waals surface area contributed by atoms with E-state index >= 15 is 0 Å². The zero-order chi connectivity index (χ0) is 34.4. The van der Waals surface area contributed by atoms with Crippen molar-refractivity contribution in [3.8, 4) is 45.0 Å². The maximum absolute atomic E-state index is 5.32. The van der Waals surface area contributed by atoms with Crippen molar-refractivity contribution in [1.82, 2.24) is 15.3 Å². The second kappa shape index (κ2) is 12.5. The van der Waals surface area contributed by atoms with Crippen molar-refractivity contribution in [2.24, 2.45) is 0 Å². The monoisotopic (exact) mass is 663 g/mol. The highest BCUT2D eigenvalue weighted by atomic mass is 14.9. The molecule has 1 aliphatic heterocycles. The Labute approximate surface area is 302 Å². The summed E-state index contributed by atoms with van der Waals surface area (Å²) >= 11 is 0. The number of aromatic nitrogens is 2. The van der Waals surface area contributed by atoms with Gasteiger partial charge in [0.1, 0.15) is 0 Å². The van der Waals surface area contributed by atoms with Gasteiger partial charge in [0.2, 0.25) is 0 Å². The Morgan fingerprint density at radius 1 is 0.404 bits per heavy atom. The van der Waals surface area contributed by atoms with Crippen LogP contribution in [0.2, 0.25) is 0 Å².